The molecule has 1 fully saturated rings. The predicted molar refractivity (Wildman–Crippen MR) is 83.3 cm³/mol. The van der Waals surface area contributed by atoms with Crippen LogP contribution in [0.3, 0.4) is 0 Å². The molecule has 0 saturated carbocycles. The predicted octanol–water partition coefficient (Wildman–Crippen LogP) is 1.86. The van der Waals surface area contributed by atoms with Gasteiger partial charge in [-0.3, -0.25) is 4.79 Å². The molecular formula is C16H21NO3S. The van der Waals surface area contributed by atoms with E-state index in [1.54, 1.807) is 0 Å². The summed E-state index contributed by atoms with van der Waals surface area (Å²) < 4.78 is 0. The van der Waals surface area contributed by atoms with Crippen molar-refractivity contribution in [2.75, 3.05) is 19.7 Å². The third kappa shape index (κ3) is 4.31. The molecule has 21 heavy (non-hydrogen) atoms. The van der Waals surface area contributed by atoms with E-state index in [0.29, 0.717) is 30.8 Å². The molecule has 2 N–H and O–H groups in total. The van der Waals surface area contributed by atoms with Crippen LogP contribution in [0.1, 0.15) is 47.8 Å². The minimum atomic E-state index is -0.672. The van der Waals surface area contributed by atoms with Crippen LogP contribution in [0.2, 0.25) is 0 Å². The van der Waals surface area contributed by atoms with Gasteiger partial charge >= 0.3 is 0 Å². The standard InChI is InChI=1S/C16H21NO3S/c1-16(20)7-4-9-17(10-8-16)15(19)14-13(6-12-21-14)5-2-3-11-18/h6,12,18,20H,3-4,7-11H2,1H3. The van der Waals surface area contributed by atoms with Crippen molar-refractivity contribution < 1.29 is 15.0 Å². The molecule has 1 saturated heterocycles. The summed E-state index contributed by atoms with van der Waals surface area (Å²) in [6.07, 6.45) is 2.56. The molecule has 1 amide bonds. The van der Waals surface area contributed by atoms with Crippen molar-refractivity contribution in [1.29, 1.82) is 0 Å². The van der Waals surface area contributed by atoms with Crippen LogP contribution in [-0.2, 0) is 0 Å². The molecule has 0 aromatic carbocycles. The molecule has 1 aliphatic rings. The van der Waals surface area contributed by atoms with Crippen LogP contribution >= 0.6 is 11.3 Å². The largest absolute Gasteiger partial charge is 0.395 e. The number of aliphatic hydroxyl groups excluding tert-OH is 1. The van der Waals surface area contributed by atoms with Gasteiger partial charge in [0.05, 0.1) is 12.2 Å². The maximum Gasteiger partial charge on any atom is 0.265 e. The van der Waals surface area contributed by atoms with Gasteiger partial charge in [-0.1, -0.05) is 11.8 Å². The van der Waals surface area contributed by atoms with Gasteiger partial charge in [-0.25, -0.2) is 0 Å². The number of likely N-dealkylation sites (tertiary alicyclic amines) is 1. The van der Waals surface area contributed by atoms with Crippen molar-refractivity contribution in [3.8, 4) is 11.8 Å². The Morgan fingerprint density at radius 2 is 2.29 bits per heavy atom. The van der Waals surface area contributed by atoms with Crippen LogP contribution in [0.4, 0.5) is 0 Å². The lowest BCUT2D eigenvalue weighted by Crippen LogP contribution is -2.33. The van der Waals surface area contributed by atoms with Crippen LogP contribution < -0.4 is 0 Å². The number of carbonyl (C=O) groups is 1. The molecule has 0 radical (unpaired) electrons. The molecule has 1 aromatic heterocycles. The smallest absolute Gasteiger partial charge is 0.265 e. The van der Waals surface area contributed by atoms with Crippen LogP contribution in [0.15, 0.2) is 11.4 Å². The number of amides is 1. The van der Waals surface area contributed by atoms with Gasteiger partial charge in [0.25, 0.3) is 5.91 Å². The molecule has 0 bridgehead atoms. The fourth-order valence-electron chi connectivity index (χ4n) is 2.40. The Balaban J connectivity index is 2.10. The van der Waals surface area contributed by atoms with E-state index in [9.17, 15) is 9.90 Å². The third-order valence-electron chi connectivity index (χ3n) is 3.67. The fraction of sp³-hybridized carbons (Fsp3) is 0.562. The summed E-state index contributed by atoms with van der Waals surface area (Å²) in [4.78, 5) is 15.1. The lowest BCUT2D eigenvalue weighted by molar-refractivity contribution is 0.0438. The van der Waals surface area contributed by atoms with Gasteiger partial charge in [-0.05, 0) is 37.6 Å². The Morgan fingerprint density at radius 3 is 3.05 bits per heavy atom. The molecule has 2 heterocycles. The molecular weight excluding hydrogens is 286 g/mol. The van der Waals surface area contributed by atoms with Crippen molar-refractivity contribution >= 4 is 17.2 Å². The van der Waals surface area contributed by atoms with Gasteiger partial charge in [0.15, 0.2) is 0 Å². The lowest BCUT2D eigenvalue weighted by atomic mass is 9.98. The van der Waals surface area contributed by atoms with E-state index in [1.807, 2.05) is 23.3 Å². The van der Waals surface area contributed by atoms with Crippen molar-refractivity contribution in [1.82, 2.24) is 4.90 Å². The summed E-state index contributed by atoms with van der Waals surface area (Å²) in [5, 5.41) is 20.7. The van der Waals surface area contributed by atoms with Crippen LogP contribution in [-0.4, -0.2) is 46.3 Å². The molecule has 1 atom stereocenters. The van der Waals surface area contributed by atoms with Gasteiger partial charge in [-0.15, -0.1) is 11.3 Å². The zero-order valence-electron chi connectivity index (χ0n) is 12.3. The fourth-order valence-corrected chi connectivity index (χ4v) is 3.21. The molecule has 0 spiro atoms. The quantitative estimate of drug-likeness (QED) is 0.820. The zero-order chi connectivity index (χ0) is 15.3. The normalized spacial score (nSPS) is 22.3. The molecule has 1 aliphatic heterocycles. The zero-order valence-corrected chi connectivity index (χ0v) is 13.1. The van der Waals surface area contributed by atoms with Gasteiger partial charge < -0.3 is 15.1 Å². The summed E-state index contributed by atoms with van der Waals surface area (Å²) in [5.74, 6) is 5.80. The minimum absolute atomic E-state index is 0.00371. The van der Waals surface area contributed by atoms with E-state index in [4.69, 9.17) is 5.11 Å². The molecule has 0 aliphatic carbocycles. The van der Waals surface area contributed by atoms with Crippen LogP contribution in [0.25, 0.3) is 0 Å². The van der Waals surface area contributed by atoms with Crippen molar-refractivity contribution in [3.63, 3.8) is 0 Å². The van der Waals surface area contributed by atoms with E-state index < -0.39 is 5.60 Å². The van der Waals surface area contributed by atoms with Gasteiger partial charge in [-0.2, -0.15) is 0 Å². The molecule has 1 aromatic rings. The van der Waals surface area contributed by atoms with Gasteiger partial charge in [0, 0.05) is 25.1 Å². The SMILES string of the molecule is CC1(O)CCCN(C(=O)c2sccc2C#CCCO)CC1. The summed E-state index contributed by atoms with van der Waals surface area (Å²) in [7, 11) is 0. The first-order chi connectivity index (χ1) is 10.0. The average Bonchev–Trinajstić information content (AvgIpc) is 2.82. The van der Waals surface area contributed by atoms with Crippen molar-refractivity contribution in [3.05, 3.63) is 21.9 Å². The van der Waals surface area contributed by atoms with E-state index in [0.717, 1.165) is 18.4 Å². The number of hydrogen-bond acceptors (Lipinski definition) is 4. The highest BCUT2D eigenvalue weighted by molar-refractivity contribution is 7.12. The average molecular weight is 307 g/mol. The maximum atomic E-state index is 12.6. The van der Waals surface area contributed by atoms with Gasteiger partial charge in [0.2, 0.25) is 0 Å². The van der Waals surface area contributed by atoms with E-state index in [1.165, 1.54) is 11.3 Å². The number of rotatable bonds is 2. The first-order valence-electron chi connectivity index (χ1n) is 7.22. The lowest BCUT2D eigenvalue weighted by Gasteiger charge is -2.22. The summed E-state index contributed by atoms with van der Waals surface area (Å²) in [6.45, 7) is 3.11. The van der Waals surface area contributed by atoms with Crippen LogP contribution in [0.5, 0.6) is 0 Å². The number of carbonyl (C=O) groups excluding carboxylic acids is 1. The Kier molecular flexibility index (Phi) is 5.40. The number of thiophene rings is 1. The topological polar surface area (TPSA) is 60.8 Å². The van der Waals surface area contributed by atoms with E-state index >= 15 is 0 Å². The summed E-state index contributed by atoms with van der Waals surface area (Å²) in [6, 6.07) is 1.84. The second kappa shape index (κ2) is 7.08. The number of nitrogens with zero attached hydrogens (tertiary/aromatic N) is 1. The molecule has 5 heteroatoms. The highest BCUT2D eigenvalue weighted by Gasteiger charge is 2.28. The minimum Gasteiger partial charge on any atom is -0.395 e. The van der Waals surface area contributed by atoms with Crippen molar-refractivity contribution in [2.24, 2.45) is 0 Å². The first kappa shape index (κ1) is 16.0. The summed E-state index contributed by atoms with van der Waals surface area (Å²) in [5.41, 5.74) is 0.0586. The van der Waals surface area contributed by atoms with Crippen molar-refractivity contribution in [2.45, 2.75) is 38.2 Å². The Morgan fingerprint density at radius 1 is 1.48 bits per heavy atom. The maximum absolute atomic E-state index is 12.6. The molecule has 4 nitrogen and oxygen atoms in total. The highest BCUT2D eigenvalue weighted by Crippen LogP contribution is 2.24. The van der Waals surface area contributed by atoms with E-state index in [-0.39, 0.29) is 12.5 Å². The highest BCUT2D eigenvalue weighted by atomic mass is 32.1. The molecule has 1 unspecified atom stereocenters. The van der Waals surface area contributed by atoms with Gasteiger partial charge in [0.1, 0.15) is 4.88 Å². The number of hydrogen-bond donors (Lipinski definition) is 2. The third-order valence-corrected chi connectivity index (χ3v) is 4.57. The molecule has 114 valence electrons. The molecule has 2 rings (SSSR count). The Bertz CT molecular complexity index is 553. The monoisotopic (exact) mass is 307 g/mol. The number of aliphatic hydroxyl groups is 2. The summed E-state index contributed by atoms with van der Waals surface area (Å²) >= 11 is 1.40. The van der Waals surface area contributed by atoms with E-state index in [2.05, 4.69) is 11.8 Å². The van der Waals surface area contributed by atoms with Crippen LogP contribution in [0, 0.1) is 11.8 Å². The second-order valence-corrected chi connectivity index (χ2v) is 6.50. The Labute approximate surface area is 129 Å². The first-order valence-corrected chi connectivity index (χ1v) is 8.10. The second-order valence-electron chi connectivity index (χ2n) is 5.58. The Hall–Kier alpha value is -1.35.